The normalized spacial score (nSPS) is 17.9. The van der Waals surface area contributed by atoms with Gasteiger partial charge in [-0.1, -0.05) is 0 Å². The highest BCUT2D eigenvalue weighted by atomic mass is 16.4. The Morgan fingerprint density at radius 2 is 1.82 bits per heavy atom. The summed E-state index contributed by atoms with van der Waals surface area (Å²) in [6, 6.07) is 0. The fourth-order valence-electron chi connectivity index (χ4n) is 2.28. The van der Waals surface area contributed by atoms with Crippen LogP contribution in [0.25, 0.3) is 0 Å². The van der Waals surface area contributed by atoms with Gasteiger partial charge in [-0.15, -0.1) is 0 Å². The van der Waals surface area contributed by atoms with Crippen molar-refractivity contribution in [1.82, 2.24) is 9.80 Å². The molecule has 4 heteroatoms. The number of nitrogens with zero attached hydrogens (tertiary/aromatic N) is 2. The first-order valence-corrected chi connectivity index (χ1v) is 6.59. The number of carboxylic acids is 1. The molecule has 17 heavy (non-hydrogen) atoms. The third kappa shape index (κ3) is 5.50. The summed E-state index contributed by atoms with van der Waals surface area (Å²) in [7, 11) is 0. The fourth-order valence-corrected chi connectivity index (χ4v) is 2.28. The van der Waals surface area contributed by atoms with Crippen LogP contribution in [-0.4, -0.2) is 59.1 Å². The van der Waals surface area contributed by atoms with Gasteiger partial charge in [0.15, 0.2) is 0 Å². The van der Waals surface area contributed by atoms with Gasteiger partial charge in [0.2, 0.25) is 0 Å². The first-order valence-electron chi connectivity index (χ1n) is 6.59. The van der Waals surface area contributed by atoms with Crippen LogP contribution in [0, 0.1) is 0 Å². The first-order chi connectivity index (χ1) is 7.89. The molecule has 0 aliphatic carbocycles. The predicted octanol–water partition coefficient (Wildman–Crippen LogP) is 1.66. The lowest BCUT2D eigenvalue weighted by Gasteiger charge is -2.36. The van der Waals surface area contributed by atoms with Crippen molar-refractivity contribution in [3.8, 4) is 0 Å². The molecule has 1 rings (SSSR count). The highest BCUT2D eigenvalue weighted by Gasteiger charge is 2.22. The Bertz CT molecular complexity index is 242. The van der Waals surface area contributed by atoms with Gasteiger partial charge in [-0.3, -0.25) is 9.69 Å². The van der Waals surface area contributed by atoms with Gasteiger partial charge in [-0.05, 0) is 46.7 Å². The van der Waals surface area contributed by atoms with Crippen molar-refractivity contribution in [2.45, 2.75) is 45.6 Å². The first kappa shape index (κ1) is 14.5. The third-order valence-corrected chi connectivity index (χ3v) is 3.43. The molecular formula is C13H26N2O2. The van der Waals surface area contributed by atoms with Gasteiger partial charge < -0.3 is 10.0 Å². The van der Waals surface area contributed by atoms with Gasteiger partial charge >= 0.3 is 5.97 Å². The molecule has 1 N–H and O–H groups in total. The van der Waals surface area contributed by atoms with Crippen molar-refractivity contribution >= 4 is 5.97 Å². The minimum absolute atomic E-state index is 0.0508. The molecular weight excluding hydrogens is 216 g/mol. The zero-order valence-corrected chi connectivity index (χ0v) is 11.4. The molecule has 100 valence electrons. The van der Waals surface area contributed by atoms with Crippen molar-refractivity contribution in [3.63, 3.8) is 0 Å². The van der Waals surface area contributed by atoms with Crippen LogP contribution >= 0.6 is 0 Å². The molecule has 0 unspecified atom stereocenters. The topological polar surface area (TPSA) is 43.8 Å². The van der Waals surface area contributed by atoms with E-state index in [0.29, 0.717) is 6.54 Å². The van der Waals surface area contributed by atoms with Crippen LogP contribution < -0.4 is 0 Å². The molecule has 0 spiro atoms. The van der Waals surface area contributed by atoms with Crippen LogP contribution in [-0.2, 0) is 4.79 Å². The van der Waals surface area contributed by atoms with Crippen LogP contribution in [0.15, 0.2) is 0 Å². The predicted molar refractivity (Wildman–Crippen MR) is 69.3 cm³/mol. The summed E-state index contributed by atoms with van der Waals surface area (Å²) in [4.78, 5) is 15.4. The van der Waals surface area contributed by atoms with Gasteiger partial charge in [-0.2, -0.15) is 0 Å². The fraction of sp³-hybridized carbons (Fsp3) is 0.923. The molecule has 4 nitrogen and oxygen atoms in total. The van der Waals surface area contributed by atoms with Gasteiger partial charge in [0.05, 0.1) is 6.42 Å². The van der Waals surface area contributed by atoms with Gasteiger partial charge in [0, 0.05) is 25.2 Å². The van der Waals surface area contributed by atoms with E-state index in [-0.39, 0.29) is 12.0 Å². The number of hydrogen-bond acceptors (Lipinski definition) is 3. The monoisotopic (exact) mass is 242 g/mol. The minimum atomic E-state index is -0.708. The van der Waals surface area contributed by atoms with E-state index in [1.165, 1.54) is 25.9 Å². The van der Waals surface area contributed by atoms with Crippen molar-refractivity contribution in [1.29, 1.82) is 0 Å². The van der Waals surface area contributed by atoms with Crippen molar-refractivity contribution < 1.29 is 9.90 Å². The lowest BCUT2D eigenvalue weighted by Crippen LogP contribution is -2.46. The molecule has 1 fully saturated rings. The van der Waals surface area contributed by atoms with Crippen LogP contribution in [0.2, 0.25) is 0 Å². The molecule has 0 bridgehead atoms. The summed E-state index contributed by atoms with van der Waals surface area (Å²) in [5.74, 6) is -0.708. The molecule has 1 aliphatic rings. The zero-order valence-electron chi connectivity index (χ0n) is 11.4. The SMILES string of the molecule is CC(C)(C)N(CCC(=O)O)CCN1CCCC1. The Hall–Kier alpha value is -0.610. The Kier molecular flexibility index (Phi) is 5.40. The molecule has 0 saturated carbocycles. The largest absolute Gasteiger partial charge is 0.481 e. The summed E-state index contributed by atoms with van der Waals surface area (Å²) in [5, 5.41) is 8.77. The molecule has 0 aromatic carbocycles. The number of likely N-dealkylation sites (tertiary alicyclic amines) is 1. The van der Waals surface area contributed by atoms with E-state index in [0.717, 1.165) is 13.1 Å². The summed E-state index contributed by atoms with van der Waals surface area (Å²) in [6.07, 6.45) is 2.85. The molecule has 0 aromatic rings. The lowest BCUT2D eigenvalue weighted by molar-refractivity contribution is -0.137. The summed E-state index contributed by atoms with van der Waals surface area (Å²) < 4.78 is 0. The molecule has 1 heterocycles. The highest BCUT2D eigenvalue weighted by molar-refractivity contribution is 5.66. The maximum atomic E-state index is 10.7. The van der Waals surface area contributed by atoms with E-state index in [1.54, 1.807) is 0 Å². The minimum Gasteiger partial charge on any atom is -0.481 e. The number of hydrogen-bond donors (Lipinski definition) is 1. The summed E-state index contributed by atoms with van der Waals surface area (Å²) in [5.41, 5.74) is 0.0508. The molecule has 1 aliphatic heterocycles. The smallest absolute Gasteiger partial charge is 0.304 e. The van der Waals surface area contributed by atoms with E-state index in [1.807, 2.05) is 0 Å². The Morgan fingerprint density at radius 1 is 1.24 bits per heavy atom. The average Bonchev–Trinajstić information content (AvgIpc) is 2.67. The standard InChI is InChI=1S/C13H26N2O2/c1-13(2,3)15(9-6-12(16)17)11-10-14-7-4-5-8-14/h4-11H2,1-3H3,(H,16,17). The van der Waals surface area contributed by atoms with Crippen molar-refractivity contribution in [2.24, 2.45) is 0 Å². The second kappa shape index (κ2) is 6.36. The number of carboxylic acid groups (broad SMARTS) is 1. The molecule has 1 saturated heterocycles. The Morgan fingerprint density at radius 3 is 2.29 bits per heavy atom. The average molecular weight is 242 g/mol. The van der Waals surface area contributed by atoms with Crippen molar-refractivity contribution in [2.75, 3.05) is 32.7 Å². The second-order valence-corrected chi connectivity index (χ2v) is 5.85. The van der Waals surface area contributed by atoms with E-state index in [9.17, 15) is 4.79 Å². The maximum absolute atomic E-state index is 10.7. The second-order valence-electron chi connectivity index (χ2n) is 5.85. The highest BCUT2D eigenvalue weighted by Crippen LogP contribution is 2.14. The van der Waals surface area contributed by atoms with Crippen LogP contribution in [0.4, 0.5) is 0 Å². The lowest BCUT2D eigenvalue weighted by atomic mass is 10.1. The van der Waals surface area contributed by atoms with E-state index in [4.69, 9.17) is 5.11 Å². The summed E-state index contributed by atoms with van der Waals surface area (Å²) >= 11 is 0. The van der Waals surface area contributed by atoms with E-state index in [2.05, 4.69) is 30.6 Å². The van der Waals surface area contributed by atoms with Crippen molar-refractivity contribution in [3.05, 3.63) is 0 Å². The number of carbonyl (C=O) groups is 1. The van der Waals surface area contributed by atoms with Gasteiger partial charge in [0.1, 0.15) is 0 Å². The molecule has 0 amide bonds. The third-order valence-electron chi connectivity index (χ3n) is 3.43. The number of rotatable bonds is 6. The van der Waals surface area contributed by atoms with Gasteiger partial charge in [-0.25, -0.2) is 0 Å². The Labute approximate surface area is 105 Å². The Balaban J connectivity index is 2.37. The summed E-state index contributed by atoms with van der Waals surface area (Å²) in [6.45, 7) is 11.5. The van der Waals surface area contributed by atoms with E-state index >= 15 is 0 Å². The van der Waals surface area contributed by atoms with Gasteiger partial charge in [0.25, 0.3) is 0 Å². The van der Waals surface area contributed by atoms with E-state index < -0.39 is 5.97 Å². The quantitative estimate of drug-likeness (QED) is 0.769. The van der Waals surface area contributed by atoms with Crippen LogP contribution in [0.5, 0.6) is 0 Å². The molecule has 0 atom stereocenters. The van der Waals surface area contributed by atoms with Crippen LogP contribution in [0.1, 0.15) is 40.0 Å². The number of aliphatic carboxylic acids is 1. The zero-order chi connectivity index (χ0) is 12.9. The molecule has 0 aromatic heterocycles. The van der Waals surface area contributed by atoms with Crippen LogP contribution in [0.3, 0.4) is 0 Å². The molecule has 0 radical (unpaired) electrons. The maximum Gasteiger partial charge on any atom is 0.304 e.